The SMILES string of the molecule is CCOP(=O)(OCC)C(OCCCCc1ccccc1)C(=O)O. The van der Waals surface area contributed by atoms with Gasteiger partial charge in [0.1, 0.15) is 0 Å². The van der Waals surface area contributed by atoms with Crippen molar-refractivity contribution in [1.29, 1.82) is 0 Å². The Morgan fingerprint density at radius 3 is 2.26 bits per heavy atom. The van der Waals surface area contributed by atoms with Gasteiger partial charge in [-0.2, -0.15) is 0 Å². The van der Waals surface area contributed by atoms with Crippen molar-refractivity contribution in [2.45, 2.75) is 39.0 Å². The number of ether oxygens (including phenoxy) is 1. The van der Waals surface area contributed by atoms with Crippen molar-refractivity contribution >= 4 is 13.6 Å². The summed E-state index contributed by atoms with van der Waals surface area (Å²) < 4.78 is 27.9. The van der Waals surface area contributed by atoms with Gasteiger partial charge in [-0.3, -0.25) is 4.57 Å². The first kappa shape index (κ1) is 19.8. The van der Waals surface area contributed by atoms with Crippen molar-refractivity contribution < 1.29 is 28.3 Å². The molecule has 6 nitrogen and oxygen atoms in total. The zero-order chi connectivity index (χ0) is 17.1. The third-order valence-electron chi connectivity index (χ3n) is 3.09. The Kier molecular flexibility index (Phi) is 9.10. The topological polar surface area (TPSA) is 82.1 Å². The minimum atomic E-state index is -3.81. The molecule has 0 saturated heterocycles. The molecule has 0 aliphatic carbocycles. The fourth-order valence-electron chi connectivity index (χ4n) is 2.10. The van der Waals surface area contributed by atoms with Crippen LogP contribution in [0.15, 0.2) is 30.3 Å². The predicted molar refractivity (Wildman–Crippen MR) is 87.6 cm³/mol. The second-order valence-electron chi connectivity index (χ2n) is 4.88. The van der Waals surface area contributed by atoms with Gasteiger partial charge in [0, 0.05) is 6.61 Å². The molecule has 1 N–H and O–H groups in total. The molecule has 0 amide bonds. The second kappa shape index (κ2) is 10.6. The molecule has 23 heavy (non-hydrogen) atoms. The van der Waals surface area contributed by atoms with Gasteiger partial charge in [0.25, 0.3) is 5.85 Å². The molecule has 1 unspecified atom stereocenters. The van der Waals surface area contributed by atoms with Crippen LogP contribution in [0.1, 0.15) is 32.3 Å². The number of aryl methyl sites for hydroxylation is 1. The number of benzene rings is 1. The smallest absolute Gasteiger partial charge is 0.370 e. The normalized spacial score (nSPS) is 13.0. The summed E-state index contributed by atoms with van der Waals surface area (Å²) in [6.07, 6.45) is 2.40. The first-order valence-electron chi connectivity index (χ1n) is 7.80. The fraction of sp³-hybridized carbons (Fsp3) is 0.562. The molecule has 1 atom stereocenters. The lowest BCUT2D eigenvalue weighted by atomic mass is 10.1. The van der Waals surface area contributed by atoms with E-state index in [1.165, 1.54) is 5.56 Å². The maximum absolute atomic E-state index is 12.5. The minimum absolute atomic E-state index is 0.0957. The zero-order valence-corrected chi connectivity index (χ0v) is 14.5. The van der Waals surface area contributed by atoms with Gasteiger partial charge in [-0.1, -0.05) is 30.3 Å². The first-order chi connectivity index (χ1) is 11.0. The minimum Gasteiger partial charge on any atom is -0.479 e. The van der Waals surface area contributed by atoms with Crippen molar-refractivity contribution in [2.75, 3.05) is 19.8 Å². The predicted octanol–water partition coefficient (Wildman–Crippen LogP) is 3.70. The Morgan fingerprint density at radius 2 is 1.74 bits per heavy atom. The standard InChI is InChI=1S/C16H25O6P/c1-3-21-23(19,22-4-2)16(15(17)18)20-13-9-8-12-14-10-6-5-7-11-14/h5-7,10-11,16H,3-4,8-9,12-13H2,1-2H3,(H,17,18). The Labute approximate surface area is 137 Å². The van der Waals surface area contributed by atoms with Crippen LogP contribution < -0.4 is 0 Å². The molecule has 0 aliphatic heterocycles. The lowest BCUT2D eigenvalue weighted by molar-refractivity contribution is -0.146. The van der Waals surface area contributed by atoms with Crippen molar-refractivity contribution in [2.24, 2.45) is 0 Å². The average Bonchev–Trinajstić information content (AvgIpc) is 2.51. The highest BCUT2D eigenvalue weighted by atomic mass is 31.2. The molecule has 0 bridgehead atoms. The van der Waals surface area contributed by atoms with Crippen molar-refractivity contribution in [3.8, 4) is 0 Å². The molecule has 0 heterocycles. The maximum Gasteiger partial charge on any atom is 0.370 e. The van der Waals surface area contributed by atoms with E-state index in [2.05, 4.69) is 0 Å². The van der Waals surface area contributed by atoms with Crippen LogP contribution in [0.25, 0.3) is 0 Å². The monoisotopic (exact) mass is 344 g/mol. The van der Waals surface area contributed by atoms with Crippen LogP contribution in [-0.4, -0.2) is 36.7 Å². The van der Waals surface area contributed by atoms with E-state index in [1.807, 2.05) is 30.3 Å². The molecular weight excluding hydrogens is 319 g/mol. The fourth-order valence-corrected chi connectivity index (χ4v) is 3.72. The van der Waals surface area contributed by atoms with E-state index in [1.54, 1.807) is 13.8 Å². The lowest BCUT2D eigenvalue weighted by Crippen LogP contribution is -2.27. The van der Waals surface area contributed by atoms with E-state index in [4.69, 9.17) is 13.8 Å². The van der Waals surface area contributed by atoms with E-state index in [9.17, 15) is 14.5 Å². The van der Waals surface area contributed by atoms with Crippen molar-refractivity contribution in [3.63, 3.8) is 0 Å². The largest absolute Gasteiger partial charge is 0.479 e. The molecule has 130 valence electrons. The van der Waals surface area contributed by atoms with Gasteiger partial charge in [0.05, 0.1) is 13.2 Å². The number of hydrogen-bond acceptors (Lipinski definition) is 5. The summed E-state index contributed by atoms with van der Waals surface area (Å²) in [6.45, 7) is 3.64. The Balaban J connectivity index is 2.46. The highest BCUT2D eigenvalue weighted by Gasteiger charge is 2.42. The summed E-state index contributed by atoms with van der Waals surface area (Å²) in [4.78, 5) is 11.3. The molecule has 0 aromatic heterocycles. The Morgan fingerprint density at radius 1 is 1.13 bits per heavy atom. The zero-order valence-electron chi connectivity index (χ0n) is 13.6. The summed E-state index contributed by atoms with van der Waals surface area (Å²) in [5.41, 5.74) is 1.22. The van der Waals surface area contributed by atoms with Crippen LogP contribution >= 0.6 is 7.60 Å². The van der Waals surface area contributed by atoms with Gasteiger partial charge < -0.3 is 18.9 Å². The van der Waals surface area contributed by atoms with Crippen LogP contribution in [0.4, 0.5) is 0 Å². The van der Waals surface area contributed by atoms with Crippen molar-refractivity contribution in [1.82, 2.24) is 0 Å². The quantitative estimate of drug-likeness (QED) is 0.460. The summed E-state index contributed by atoms with van der Waals surface area (Å²) in [5, 5.41) is 9.24. The summed E-state index contributed by atoms with van der Waals surface area (Å²) in [6, 6.07) is 10.0. The molecule has 0 spiro atoms. The molecule has 0 fully saturated rings. The molecular formula is C16H25O6P. The third kappa shape index (κ3) is 6.83. The molecule has 1 rings (SSSR count). The van der Waals surface area contributed by atoms with Gasteiger partial charge in [-0.15, -0.1) is 0 Å². The van der Waals surface area contributed by atoms with Gasteiger partial charge >= 0.3 is 13.6 Å². The second-order valence-corrected chi connectivity index (χ2v) is 6.94. The molecule has 0 aliphatic rings. The van der Waals surface area contributed by atoms with E-state index in [0.29, 0.717) is 6.42 Å². The van der Waals surface area contributed by atoms with Crippen molar-refractivity contribution in [3.05, 3.63) is 35.9 Å². The van der Waals surface area contributed by atoms with E-state index >= 15 is 0 Å². The number of rotatable bonds is 12. The number of carboxylic acid groups (broad SMARTS) is 1. The van der Waals surface area contributed by atoms with E-state index < -0.39 is 19.4 Å². The Hall–Kier alpha value is -1.20. The molecule has 1 aromatic rings. The average molecular weight is 344 g/mol. The highest BCUT2D eigenvalue weighted by molar-refractivity contribution is 7.55. The third-order valence-corrected chi connectivity index (χ3v) is 5.28. The summed E-state index contributed by atoms with van der Waals surface area (Å²) in [5.74, 6) is -2.92. The van der Waals surface area contributed by atoms with Gasteiger partial charge in [-0.25, -0.2) is 4.79 Å². The number of aliphatic carboxylic acids is 1. The number of carboxylic acids is 1. The van der Waals surface area contributed by atoms with Gasteiger partial charge in [0.2, 0.25) is 0 Å². The van der Waals surface area contributed by atoms with Crippen LogP contribution in [0, 0.1) is 0 Å². The van der Waals surface area contributed by atoms with E-state index in [-0.39, 0.29) is 19.8 Å². The van der Waals surface area contributed by atoms with Crippen LogP contribution in [-0.2, 0) is 29.6 Å². The van der Waals surface area contributed by atoms with Crippen LogP contribution in [0.5, 0.6) is 0 Å². The number of hydrogen-bond donors (Lipinski definition) is 1. The lowest BCUT2D eigenvalue weighted by Gasteiger charge is -2.23. The van der Waals surface area contributed by atoms with Gasteiger partial charge in [-0.05, 0) is 38.7 Å². The van der Waals surface area contributed by atoms with Crippen LogP contribution in [0.3, 0.4) is 0 Å². The first-order valence-corrected chi connectivity index (χ1v) is 9.41. The Bertz CT molecular complexity index is 495. The highest BCUT2D eigenvalue weighted by Crippen LogP contribution is 2.53. The molecule has 1 aromatic carbocycles. The van der Waals surface area contributed by atoms with Crippen LogP contribution in [0.2, 0.25) is 0 Å². The van der Waals surface area contributed by atoms with Gasteiger partial charge in [0.15, 0.2) is 0 Å². The molecule has 7 heteroatoms. The maximum atomic E-state index is 12.5. The number of unbranched alkanes of at least 4 members (excludes halogenated alkanes) is 1. The molecule has 0 saturated carbocycles. The van der Waals surface area contributed by atoms with E-state index in [0.717, 1.165) is 12.8 Å². The molecule has 0 radical (unpaired) electrons. The summed E-state index contributed by atoms with van der Waals surface area (Å²) >= 11 is 0. The summed E-state index contributed by atoms with van der Waals surface area (Å²) in [7, 11) is -3.81. The number of carbonyl (C=O) groups is 1.